The van der Waals surface area contributed by atoms with Crippen LogP contribution in [0.4, 0.5) is 10.1 Å². The molecule has 4 nitrogen and oxygen atoms in total. The van der Waals surface area contributed by atoms with E-state index in [0.29, 0.717) is 17.7 Å². The average molecular weight is 379 g/mol. The summed E-state index contributed by atoms with van der Waals surface area (Å²) >= 11 is 3.31. The minimum atomic E-state index is -0.326. The zero-order valence-corrected chi connectivity index (χ0v) is 13.9. The Labute approximate surface area is 142 Å². The van der Waals surface area contributed by atoms with E-state index in [2.05, 4.69) is 26.6 Å². The van der Waals surface area contributed by atoms with Crippen LogP contribution in [-0.4, -0.2) is 18.4 Å². The average Bonchev–Trinajstić information content (AvgIpc) is 2.54. The molecule has 0 radical (unpaired) electrons. The van der Waals surface area contributed by atoms with Gasteiger partial charge in [-0.25, -0.2) is 4.39 Å². The number of aryl methyl sites for hydroxylation is 1. The SMILES string of the molecule is O=C(CCc1ccccc1F)NCC(=O)Nc1ccc(Br)cc1. The Balaban J connectivity index is 1.72. The van der Waals surface area contributed by atoms with Gasteiger partial charge in [0.1, 0.15) is 5.82 Å². The molecule has 0 saturated heterocycles. The predicted molar refractivity (Wildman–Crippen MR) is 90.5 cm³/mol. The Hall–Kier alpha value is -2.21. The van der Waals surface area contributed by atoms with Crippen molar-refractivity contribution in [2.75, 3.05) is 11.9 Å². The Morgan fingerprint density at radius 2 is 1.70 bits per heavy atom. The van der Waals surface area contributed by atoms with Crippen molar-refractivity contribution in [1.82, 2.24) is 5.32 Å². The van der Waals surface area contributed by atoms with Gasteiger partial charge in [-0.2, -0.15) is 0 Å². The minimum absolute atomic E-state index is 0.119. The van der Waals surface area contributed by atoms with Gasteiger partial charge in [-0.05, 0) is 42.3 Å². The van der Waals surface area contributed by atoms with Crippen molar-refractivity contribution in [1.29, 1.82) is 0 Å². The first-order chi connectivity index (χ1) is 11.0. The van der Waals surface area contributed by atoms with Crippen molar-refractivity contribution >= 4 is 33.4 Å². The van der Waals surface area contributed by atoms with Gasteiger partial charge in [0, 0.05) is 16.6 Å². The summed E-state index contributed by atoms with van der Waals surface area (Å²) in [4.78, 5) is 23.4. The molecule has 0 atom stereocenters. The minimum Gasteiger partial charge on any atom is -0.347 e. The number of carbonyl (C=O) groups excluding carboxylic acids is 2. The van der Waals surface area contributed by atoms with Crippen molar-refractivity contribution in [2.45, 2.75) is 12.8 Å². The third-order valence-corrected chi connectivity index (χ3v) is 3.68. The zero-order valence-electron chi connectivity index (χ0n) is 12.3. The Morgan fingerprint density at radius 3 is 2.39 bits per heavy atom. The van der Waals surface area contributed by atoms with E-state index in [9.17, 15) is 14.0 Å². The van der Waals surface area contributed by atoms with Crippen LogP contribution in [0.3, 0.4) is 0 Å². The van der Waals surface area contributed by atoms with Crippen molar-refractivity contribution in [3.8, 4) is 0 Å². The molecule has 0 spiro atoms. The summed E-state index contributed by atoms with van der Waals surface area (Å²) in [6, 6.07) is 13.4. The van der Waals surface area contributed by atoms with Gasteiger partial charge in [0.2, 0.25) is 11.8 Å². The quantitative estimate of drug-likeness (QED) is 0.810. The van der Waals surface area contributed by atoms with Gasteiger partial charge in [-0.1, -0.05) is 34.1 Å². The summed E-state index contributed by atoms with van der Waals surface area (Å²) in [7, 11) is 0. The van der Waals surface area contributed by atoms with Gasteiger partial charge in [0.05, 0.1) is 6.54 Å². The number of benzene rings is 2. The van der Waals surface area contributed by atoms with Crippen LogP contribution in [-0.2, 0) is 16.0 Å². The fourth-order valence-corrected chi connectivity index (χ4v) is 2.22. The number of carbonyl (C=O) groups is 2. The number of hydrogen-bond acceptors (Lipinski definition) is 2. The maximum atomic E-state index is 13.4. The molecule has 0 aliphatic rings. The molecule has 6 heteroatoms. The van der Waals surface area contributed by atoms with Crippen molar-refractivity contribution in [3.05, 3.63) is 64.4 Å². The van der Waals surface area contributed by atoms with Crippen LogP contribution in [0.1, 0.15) is 12.0 Å². The highest BCUT2D eigenvalue weighted by Crippen LogP contribution is 2.13. The second kappa shape index (κ2) is 8.43. The molecule has 2 N–H and O–H groups in total. The molecule has 0 aliphatic carbocycles. The molecule has 0 fully saturated rings. The predicted octanol–water partition coefficient (Wildman–Crippen LogP) is 3.28. The zero-order chi connectivity index (χ0) is 16.7. The van der Waals surface area contributed by atoms with E-state index in [0.717, 1.165) is 4.47 Å². The normalized spacial score (nSPS) is 10.2. The number of anilines is 1. The molecule has 2 amide bonds. The van der Waals surface area contributed by atoms with Crippen LogP contribution < -0.4 is 10.6 Å². The van der Waals surface area contributed by atoms with E-state index in [1.165, 1.54) is 6.07 Å². The Morgan fingerprint density at radius 1 is 1.00 bits per heavy atom. The van der Waals surface area contributed by atoms with E-state index in [1.54, 1.807) is 30.3 Å². The van der Waals surface area contributed by atoms with E-state index in [-0.39, 0.29) is 30.6 Å². The Bertz CT molecular complexity index is 689. The fourth-order valence-electron chi connectivity index (χ4n) is 1.95. The van der Waals surface area contributed by atoms with Gasteiger partial charge in [0.25, 0.3) is 0 Å². The monoisotopic (exact) mass is 378 g/mol. The van der Waals surface area contributed by atoms with Gasteiger partial charge in [-0.15, -0.1) is 0 Å². The van der Waals surface area contributed by atoms with Crippen molar-refractivity contribution in [2.24, 2.45) is 0 Å². The van der Waals surface area contributed by atoms with E-state index >= 15 is 0 Å². The lowest BCUT2D eigenvalue weighted by Crippen LogP contribution is -2.33. The summed E-state index contributed by atoms with van der Waals surface area (Å²) in [6.07, 6.45) is 0.430. The molecular weight excluding hydrogens is 363 g/mol. The largest absolute Gasteiger partial charge is 0.347 e. The van der Waals surface area contributed by atoms with Crippen LogP contribution in [0.2, 0.25) is 0 Å². The standard InChI is InChI=1S/C17H16BrFN2O2/c18-13-6-8-14(9-7-13)21-17(23)11-20-16(22)10-5-12-3-1-2-4-15(12)19/h1-4,6-9H,5,10-11H2,(H,20,22)(H,21,23). The molecule has 0 heterocycles. The molecule has 2 aromatic rings. The third-order valence-electron chi connectivity index (χ3n) is 3.15. The topological polar surface area (TPSA) is 58.2 Å². The van der Waals surface area contributed by atoms with Crippen LogP contribution in [0.25, 0.3) is 0 Å². The molecule has 2 rings (SSSR count). The lowest BCUT2D eigenvalue weighted by Gasteiger charge is -2.07. The maximum Gasteiger partial charge on any atom is 0.243 e. The summed E-state index contributed by atoms with van der Waals surface area (Å²) in [6.45, 7) is -0.119. The summed E-state index contributed by atoms with van der Waals surface area (Å²) in [5.74, 6) is -0.931. The number of amides is 2. The molecule has 120 valence electrons. The Kier molecular flexibility index (Phi) is 6.29. The lowest BCUT2D eigenvalue weighted by molar-refractivity contribution is -0.124. The van der Waals surface area contributed by atoms with E-state index in [4.69, 9.17) is 0 Å². The molecule has 0 aromatic heterocycles. The van der Waals surface area contributed by atoms with Gasteiger partial charge in [-0.3, -0.25) is 9.59 Å². The summed E-state index contributed by atoms with van der Waals surface area (Å²) < 4.78 is 14.3. The molecule has 0 aliphatic heterocycles. The maximum absolute atomic E-state index is 13.4. The highest BCUT2D eigenvalue weighted by molar-refractivity contribution is 9.10. The second-order valence-corrected chi connectivity index (χ2v) is 5.84. The molecule has 0 bridgehead atoms. The highest BCUT2D eigenvalue weighted by Gasteiger charge is 2.08. The van der Waals surface area contributed by atoms with Crippen LogP contribution in [0.15, 0.2) is 53.0 Å². The first-order valence-electron chi connectivity index (χ1n) is 7.10. The summed E-state index contributed by atoms with van der Waals surface area (Å²) in [5, 5.41) is 5.19. The number of rotatable bonds is 6. The third kappa shape index (κ3) is 5.83. The van der Waals surface area contributed by atoms with Gasteiger partial charge < -0.3 is 10.6 Å². The van der Waals surface area contributed by atoms with Crippen LogP contribution in [0.5, 0.6) is 0 Å². The molecule has 0 saturated carbocycles. The second-order valence-electron chi connectivity index (χ2n) is 4.92. The van der Waals surface area contributed by atoms with Crippen molar-refractivity contribution < 1.29 is 14.0 Å². The molecular formula is C17H16BrFN2O2. The first-order valence-corrected chi connectivity index (χ1v) is 7.89. The molecule has 0 unspecified atom stereocenters. The lowest BCUT2D eigenvalue weighted by atomic mass is 10.1. The van der Waals surface area contributed by atoms with Gasteiger partial charge in [0.15, 0.2) is 0 Å². The van der Waals surface area contributed by atoms with E-state index in [1.807, 2.05) is 12.1 Å². The highest BCUT2D eigenvalue weighted by atomic mass is 79.9. The number of hydrogen-bond donors (Lipinski definition) is 2. The van der Waals surface area contributed by atoms with Crippen molar-refractivity contribution in [3.63, 3.8) is 0 Å². The smallest absolute Gasteiger partial charge is 0.243 e. The molecule has 2 aromatic carbocycles. The molecule has 23 heavy (non-hydrogen) atoms. The number of halogens is 2. The van der Waals surface area contributed by atoms with Gasteiger partial charge >= 0.3 is 0 Å². The van der Waals surface area contributed by atoms with Crippen LogP contribution in [0, 0.1) is 5.82 Å². The van der Waals surface area contributed by atoms with E-state index < -0.39 is 0 Å². The van der Waals surface area contributed by atoms with Crippen LogP contribution >= 0.6 is 15.9 Å². The summed E-state index contributed by atoms with van der Waals surface area (Å²) in [5.41, 5.74) is 1.14. The first kappa shape index (κ1) is 17.1. The fraction of sp³-hybridized carbons (Fsp3) is 0.176. The number of nitrogens with one attached hydrogen (secondary N) is 2.